The molecule has 0 atom stereocenters. The van der Waals surface area contributed by atoms with Gasteiger partial charge in [-0.2, -0.15) is 20.2 Å². The summed E-state index contributed by atoms with van der Waals surface area (Å²) in [5.41, 5.74) is 3.43. The van der Waals surface area contributed by atoms with Crippen LogP contribution >= 0.6 is 0 Å². The molecular weight excluding hydrogens is 721 g/mol. The van der Waals surface area contributed by atoms with Crippen molar-refractivity contribution in [3.05, 3.63) is 144 Å². The van der Waals surface area contributed by atoms with Gasteiger partial charge in [-0.3, -0.25) is 9.59 Å². The third kappa shape index (κ3) is 10.5. The Bertz CT molecular complexity index is 1650. The van der Waals surface area contributed by atoms with E-state index in [1.807, 2.05) is 48.5 Å². The van der Waals surface area contributed by atoms with Crippen molar-refractivity contribution in [1.29, 1.82) is 0 Å². The van der Waals surface area contributed by atoms with Crippen LogP contribution in [0.5, 0.6) is 0 Å². The first kappa shape index (κ1) is 40.3. The van der Waals surface area contributed by atoms with Crippen LogP contribution < -0.4 is 20.2 Å². The maximum absolute atomic E-state index is 12.5. The Morgan fingerprint density at radius 2 is 0.796 bits per heavy atom. The normalized spacial score (nSPS) is 15.2. The molecule has 2 N–H and O–H groups in total. The van der Waals surface area contributed by atoms with Gasteiger partial charge in [-0.1, -0.05) is 109 Å². The molecule has 2 heterocycles. The zero-order valence-corrected chi connectivity index (χ0v) is 32.0. The van der Waals surface area contributed by atoms with Crippen LogP contribution in [0.15, 0.2) is 143 Å². The molecule has 4 aromatic carbocycles. The van der Waals surface area contributed by atoms with Crippen molar-refractivity contribution >= 4 is 46.1 Å². The Morgan fingerprint density at radius 3 is 1.06 bits per heavy atom. The molecule has 0 aromatic heterocycles. The second-order valence-corrected chi connectivity index (χ2v) is 10.0. The SMILES string of the molecule is CC1=NN(c2ccccc2)C(=O)/C1=C(\[O-])c1ccccc1.CC1=NN(c2ccccc2)C(=O)/C1=C(\[O-])c1ccccc1.CCO.CCO.[Cd+2]. The van der Waals surface area contributed by atoms with E-state index < -0.39 is 0 Å². The molecule has 0 radical (unpaired) electrons. The number of para-hydroxylation sites is 2. The first-order chi connectivity index (χ1) is 23.2. The van der Waals surface area contributed by atoms with Crippen LogP contribution in [-0.2, 0) is 36.9 Å². The smallest absolute Gasteiger partial charge is 0.871 e. The summed E-state index contributed by atoms with van der Waals surface area (Å²) in [5.74, 6) is -1.35. The largest absolute Gasteiger partial charge is 2.00 e. The fourth-order valence-electron chi connectivity index (χ4n) is 4.49. The molecule has 4 aromatic rings. The van der Waals surface area contributed by atoms with E-state index in [0.717, 1.165) is 0 Å². The third-order valence-corrected chi connectivity index (χ3v) is 6.56. The summed E-state index contributed by atoms with van der Waals surface area (Å²) in [5, 5.41) is 51.1. The molecule has 10 nitrogen and oxygen atoms in total. The van der Waals surface area contributed by atoms with Gasteiger partial charge in [0.2, 0.25) is 0 Å². The average Bonchev–Trinajstić information content (AvgIpc) is 3.59. The maximum atomic E-state index is 12.5. The maximum Gasteiger partial charge on any atom is 2.00 e. The Hall–Kier alpha value is -4.92. The summed E-state index contributed by atoms with van der Waals surface area (Å²) in [6, 6.07) is 35.7. The summed E-state index contributed by atoms with van der Waals surface area (Å²) in [7, 11) is 0. The van der Waals surface area contributed by atoms with Crippen LogP contribution in [0, 0.1) is 0 Å². The van der Waals surface area contributed by atoms with Crippen LogP contribution in [0.3, 0.4) is 0 Å². The van der Waals surface area contributed by atoms with Crippen LogP contribution in [0.4, 0.5) is 11.4 Å². The number of hydrogen-bond donors (Lipinski definition) is 2. The predicted molar refractivity (Wildman–Crippen MR) is 186 cm³/mol. The summed E-state index contributed by atoms with van der Waals surface area (Å²) >= 11 is 0. The summed E-state index contributed by atoms with van der Waals surface area (Å²) < 4.78 is 0. The van der Waals surface area contributed by atoms with Gasteiger partial charge in [-0.05, 0) is 63.1 Å². The zero-order valence-electron chi connectivity index (χ0n) is 28.0. The van der Waals surface area contributed by atoms with Crippen LogP contribution in [-0.4, -0.2) is 46.7 Å². The van der Waals surface area contributed by atoms with Crippen molar-refractivity contribution in [3.63, 3.8) is 0 Å². The van der Waals surface area contributed by atoms with Crippen molar-refractivity contribution in [2.45, 2.75) is 27.7 Å². The molecule has 0 aliphatic carbocycles. The second-order valence-electron chi connectivity index (χ2n) is 10.0. The number of hydrazone groups is 2. The molecular formula is C38H38CdN4O6. The number of rotatable bonds is 4. The number of hydrogen-bond acceptors (Lipinski definition) is 8. The van der Waals surface area contributed by atoms with Crippen molar-refractivity contribution in [2.24, 2.45) is 10.2 Å². The van der Waals surface area contributed by atoms with Crippen LogP contribution in [0.1, 0.15) is 38.8 Å². The fraction of sp³-hybridized carbons (Fsp3) is 0.158. The Kier molecular flexibility index (Phi) is 16.8. The van der Waals surface area contributed by atoms with Gasteiger partial charge < -0.3 is 20.4 Å². The molecule has 6 rings (SSSR count). The van der Waals surface area contributed by atoms with Crippen LogP contribution in [0.25, 0.3) is 11.5 Å². The molecule has 2 aliphatic rings. The summed E-state index contributed by atoms with van der Waals surface area (Å²) in [6.07, 6.45) is 0. The van der Waals surface area contributed by atoms with E-state index in [0.29, 0.717) is 33.9 Å². The van der Waals surface area contributed by atoms with Crippen molar-refractivity contribution in [2.75, 3.05) is 23.2 Å². The zero-order chi connectivity index (χ0) is 35.1. The second kappa shape index (κ2) is 20.4. The molecule has 0 saturated carbocycles. The monoisotopic (exact) mass is 760 g/mol. The molecule has 0 saturated heterocycles. The number of carbonyl (C=O) groups is 2. The first-order valence-corrected chi connectivity index (χ1v) is 15.2. The standard InChI is InChI=1S/2C17H14N2O2.2C2H6O.Cd/c2*1-12-15(16(20)13-8-4-2-5-9-13)17(21)19(18-12)14-10-6-3-7-11-14;2*1-2-3;/h2*2-11,20H,1H3;2*3H,2H2,1H3;/q;;;;+2/p-2/b2*16-15-;;;. The van der Waals surface area contributed by atoms with Crippen molar-refractivity contribution < 1.29 is 57.3 Å². The number of carbonyl (C=O) groups excluding carboxylic acids is 2. The summed E-state index contributed by atoms with van der Waals surface area (Å²) in [4.78, 5) is 25.0. The third-order valence-electron chi connectivity index (χ3n) is 6.56. The Balaban J connectivity index is 0.000000288. The molecule has 49 heavy (non-hydrogen) atoms. The van der Waals surface area contributed by atoms with E-state index in [2.05, 4.69) is 10.2 Å². The van der Waals surface area contributed by atoms with E-state index in [9.17, 15) is 19.8 Å². The van der Waals surface area contributed by atoms with E-state index in [1.165, 1.54) is 10.0 Å². The van der Waals surface area contributed by atoms with Gasteiger partial charge in [0.1, 0.15) is 0 Å². The van der Waals surface area contributed by atoms with E-state index in [-0.39, 0.29) is 75.0 Å². The average molecular weight is 759 g/mol. The van der Waals surface area contributed by atoms with Gasteiger partial charge in [-0.25, -0.2) is 0 Å². The van der Waals surface area contributed by atoms with Gasteiger partial charge in [0.05, 0.1) is 33.9 Å². The van der Waals surface area contributed by atoms with Gasteiger partial charge in [0, 0.05) is 13.2 Å². The first-order valence-electron chi connectivity index (χ1n) is 15.2. The predicted octanol–water partition coefficient (Wildman–Crippen LogP) is 4.36. The van der Waals surface area contributed by atoms with E-state index >= 15 is 0 Å². The van der Waals surface area contributed by atoms with Crippen molar-refractivity contribution in [1.82, 2.24) is 0 Å². The number of amides is 2. The van der Waals surface area contributed by atoms with Crippen LogP contribution in [0.2, 0.25) is 0 Å². The Labute approximate surface area is 306 Å². The quantitative estimate of drug-likeness (QED) is 0.179. The minimum Gasteiger partial charge on any atom is -0.871 e. The number of nitrogens with zero attached hydrogens (tertiary/aromatic N) is 4. The minimum atomic E-state index is -0.382. The molecule has 0 bridgehead atoms. The van der Waals surface area contributed by atoms with E-state index in [1.54, 1.807) is 100 Å². The van der Waals surface area contributed by atoms with E-state index in [4.69, 9.17) is 10.2 Å². The summed E-state index contributed by atoms with van der Waals surface area (Å²) in [6.45, 7) is 7.22. The number of aliphatic hydroxyl groups excluding tert-OH is 2. The molecule has 248 valence electrons. The van der Waals surface area contributed by atoms with Gasteiger partial charge in [0.15, 0.2) is 0 Å². The number of anilines is 2. The molecule has 0 fully saturated rings. The molecule has 2 aliphatic heterocycles. The number of benzene rings is 4. The van der Waals surface area contributed by atoms with Crippen molar-refractivity contribution in [3.8, 4) is 0 Å². The topological polar surface area (TPSA) is 152 Å². The minimum absolute atomic E-state index is 0. The van der Waals surface area contributed by atoms with Gasteiger partial charge in [0.25, 0.3) is 11.8 Å². The fourth-order valence-corrected chi connectivity index (χ4v) is 4.49. The molecule has 0 spiro atoms. The molecule has 2 amide bonds. The molecule has 0 unspecified atom stereocenters. The Morgan fingerprint density at radius 1 is 0.551 bits per heavy atom. The molecule has 11 heteroatoms. The number of aliphatic hydroxyl groups is 2. The van der Waals surface area contributed by atoms with Gasteiger partial charge >= 0.3 is 27.3 Å². The van der Waals surface area contributed by atoms with Gasteiger partial charge in [-0.15, -0.1) is 0 Å².